The van der Waals surface area contributed by atoms with Crippen LogP contribution >= 0.6 is 0 Å². The summed E-state index contributed by atoms with van der Waals surface area (Å²) in [5, 5.41) is 26.4. The lowest BCUT2D eigenvalue weighted by Crippen LogP contribution is -2.14. The summed E-state index contributed by atoms with van der Waals surface area (Å²) >= 11 is 0. The van der Waals surface area contributed by atoms with Gasteiger partial charge in [-0.25, -0.2) is 0 Å². The summed E-state index contributed by atoms with van der Waals surface area (Å²) < 4.78 is 0. The first-order valence-electron chi connectivity index (χ1n) is 4.35. The molecule has 0 amide bonds. The quantitative estimate of drug-likeness (QED) is 0.533. The number of aliphatic hydroxyl groups excluding tert-OH is 3. The molecule has 1 unspecified atom stereocenters. The molecule has 0 bridgehead atoms. The number of rotatable bonds is 6. The predicted octanol–water partition coefficient (Wildman–Crippen LogP) is 0.615. The highest BCUT2D eigenvalue weighted by Crippen LogP contribution is 2.09. The molecule has 76 valence electrons. The molecule has 3 N–H and O–H groups in total. The van der Waals surface area contributed by atoms with E-state index in [1.807, 2.05) is 13.0 Å². The second-order valence-electron chi connectivity index (χ2n) is 3.10. The van der Waals surface area contributed by atoms with Gasteiger partial charge in [-0.15, -0.1) is 0 Å². The molecular formula is C10H18O3. The SMILES string of the molecule is C=C(CCC=C(C)CO)C(O)CO. The Morgan fingerprint density at radius 3 is 2.54 bits per heavy atom. The molecule has 1 atom stereocenters. The molecule has 3 heteroatoms. The molecular weight excluding hydrogens is 168 g/mol. The van der Waals surface area contributed by atoms with E-state index in [0.29, 0.717) is 12.0 Å². The molecule has 0 aliphatic rings. The van der Waals surface area contributed by atoms with E-state index >= 15 is 0 Å². The average Bonchev–Trinajstić information content (AvgIpc) is 2.15. The molecule has 0 saturated carbocycles. The standard InChI is InChI=1S/C10H18O3/c1-8(6-11)4-3-5-9(2)10(13)7-12/h4,10-13H,2-3,5-7H2,1H3. The van der Waals surface area contributed by atoms with E-state index in [9.17, 15) is 0 Å². The summed E-state index contributed by atoms with van der Waals surface area (Å²) in [4.78, 5) is 0. The Morgan fingerprint density at radius 1 is 1.46 bits per heavy atom. The summed E-state index contributed by atoms with van der Waals surface area (Å²) in [6.07, 6.45) is 2.46. The molecule has 0 fully saturated rings. The number of aliphatic hydroxyl groups is 3. The fraction of sp³-hybridized carbons (Fsp3) is 0.600. The van der Waals surface area contributed by atoms with Crippen LogP contribution in [-0.4, -0.2) is 34.6 Å². The molecule has 13 heavy (non-hydrogen) atoms. The van der Waals surface area contributed by atoms with Gasteiger partial charge >= 0.3 is 0 Å². The molecule has 0 aromatic heterocycles. The zero-order valence-corrected chi connectivity index (χ0v) is 8.03. The van der Waals surface area contributed by atoms with Crippen LogP contribution < -0.4 is 0 Å². The minimum absolute atomic E-state index is 0.0645. The second kappa shape index (κ2) is 6.83. The van der Waals surface area contributed by atoms with Crippen molar-refractivity contribution in [1.29, 1.82) is 0 Å². The highest BCUT2D eigenvalue weighted by Gasteiger charge is 2.05. The topological polar surface area (TPSA) is 60.7 Å². The fourth-order valence-corrected chi connectivity index (χ4v) is 0.864. The molecule has 0 heterocycles. The zero-order chi connectivity index (χ0) is 10.3. The van der Waals surface area contributed by atoms with Gasteiger partial charge in [0.2, 0.25) is 0 Å². The van der Waals surface area contributed by atoms with E-state index < -0.39 is 6.10 Å². The van der Waals surface area contributed by atoms with Crippen molar-refractivity contribution in [3.8, 4) is 0 Å². The summed E-state index contributed by atoms with van der Waals surface area (Å²) in [6.45, 7) is 5.27. The van der Waals surface area contributed by atoms with Crippen LogP contribution in [0.4, 0.5) is 0 Å². The smallest absolute Gasteiger partial charge is 0.0978 e. The van der Waals surface area contributed by atoms with Crippen LogP contribution in [0.5, 0.6) is 0 Å². The van der Waals surface area contributed by atoms with Crippen LogP contribution in [0.2, 0.25) is 0 Å². The van der Waals surface area contributed by atoms with Crippen LogP contribution in [0.1, 0.15) is 19.8 Å². The average molecular weight is 186 g/mol. The summed E-state index contributed by atoms with van der Waals surface area (Å²) in [6, 6.07) is 0. The first-order chi connectivity index (χ1) is 6.11. The van der Waals surface area contributed by atoms with Crippen LogP contribution in [0.15, 0.2) is 23.8 Å². The zero-order valence-electron chi connectivity index (χ0n) is 8.03. The van der Waals surface area contributed by atoms with Crippen molar-refractivity contribution in [1.82, 2.24) is 0 Å². The van der Waals surface area contributed by atoms with Gasteiger partial charge in [0, 0.05) is 0 Å². The van der Waals surface area contributed by atoms with Gasteiger partial charge in [0.15, 0.2) is 0 Å². The Bertz CT molecular complexity index is 185. The van der Waals surface area contributed by atoms with Crippen molar-refractivity contribution in [2.75, 3.05) is 13.2 Å². The second-order valence-corrected chi connectivity index (χ2v) is 3.10. The highest BCUT2D eigenvalue weighted by molar-refractivity contribution is 5.05. The molecule has 0 rings (SSSR count). The summed E-state index contributed by atoms with van der Waals surface area (Å²) in [5.74, 6) is 0. The molecule has 0 aliphatic heterocycles. The molecule has 0 saturated heterocycles. The van der Waals surface area contributed by atoms with E-state index in [1.165, 1.54) is 0 Å². The molecule has 0 spiro atoms. The lowest BCUT2D eigenvalue weighted by Gasteiger charge is -2.09. The van der Waals surface area contributed by atoms with Gasteiger partial charge in [-0.05, 0) is 25.3 Å². The Balaban J connectivity index is 3.71. The predicted molar refractivity (Wildman–Crippen MR) is 52.3 cm³/mol. The van der Waals surface area contributed by atoms with Crippen molar-refractivity contribution >= 4 is 0 Å². The van der Waals surface area contributed by atoms with E-state index in [0.717, 1.165) is 12.0 Å². The molecule has 0 aromatic rings. The van der Waals surface area contributed by atoms with Crippen molar-refractivity contribution in [3.63, 3.8) is 0 Å². The summed E-state index contributed by atoms with van der Waals surface area (Å²) in [5.41, 5.74) is 1.54. The van der Waals surface area contributed by atoms with Gasteiger partial charge in [0.1, 0.15) is 0 Å². The maximum Gasteiger partial charge on any atom is 0.0978 e. The minimum Gasteiger partial charge on any atom is -0.393 e. The van der Waals surface area contributed by atoms with Gasteiger partial charge in [0.25, 0.3) is 0 Å². The maximum absolute atomic E-state index is 9.13. The van der Waals surface area contributed by atoms with Gasteiger partial charge in [-0.2, -0.15) is 0 Å². The molecule has 0 radical (unpaired) electrons. The Labute approximate surface area is 79.0 Å². The third-order valence-corrected chi connectivity index (χ3v) is 1.85. The van der Waals surface area contributed by atoms with Crippen LogP contribution in [0.3, 0.4) is 0 Å². The van der Waals surface area contributed by atoms with Crippen molar-refractivity contribution in [2.24, 2.45) is 0 Å². The number of allylic oxidation sites excluding steroid dienone is 1. The first-order valence-corrected chi connectivity index (χ1v) is 4.35. The summed E-state index contributed by atoms with van der Waals surface area (Å²) in [7, 11) is 0. The van der Waals surface area contributed by atoms with Gasteiger partial charge in [0.05, 0.1) is 19.3 Å². The van der Waals surface area contributed by atoms with Gasteiger partial charge in [-0.3, -0.25) is 0 Å². The molecule has 3 nitrogen and oxygen atoms in total. The highest BCUT2D eigenvalue weighted by atomic mass is 16.3. The molecule has 0 aliphatic carbocycles. The lowest BCUT2D eigenvalue weighted by atomic mass is 10.1. The van der Waals surface area contributed by atoms with Crippen LogP contribution in [0, 0.1) is 0 Å². The van der Waals surface area contributed by atoms with Crippen LogP contribution in [-0.2, 0) is 0 Å². The first kappa shape index (κ1) is 12.4. The fourth-order valence-electron chi connectivity index (χ4n) is 0.864. The van der Waals surface area contributed by atoms with E-state index in [-0.39, 0.29) is 13.2 Å². The molecule has 0 aromatic carbocycles. The van der Waals surface area contributed by atoms with E-state index in [4.69, 9.17) is 15.3 Å². The van der Waals surface area contributed by atoms with Crippen molar-refractivity contribution in [3.05, 3.63) is 23.8 Å². The Kier molecular flexibility index (Phi) is 6.49. The minimum atomic E-state index is -0.817. The van der Waals surface area contributed by atoms with Gasteiger partial charge < -0.3 is 15.3 Å². The Morgan fingerprint density at radius 2 is 2.08 bits per heavy atom. The third kappa shape index (κ3) is 5.58. The Hall–Kier alpha value is -0.640. The van der Waals surface area contributed by atoms with Crippen molar-refractivity contribution in [2.45, 2.75) is 25.9 Å². The lowest BCUT2D eigenvalue weighted by molar-refractivity contribution is 0.120. The normalized spacial score (nSPS) is 14.3. The third-order valence-electron chi connectivity index (χ3n) is 1.85. The van der Waals surface area contributed by atoms with E-state index in [2.05, 4.69) is 6.58 Å². The largest absolute Gasteiger partial charge is 0.393 e. The monoisotopic (exact) mass is 186 g/mol. The van der Waals surface area contributed by atoms with Crippen LogP contribution in [0.25, 0.3) is 0 Å². The van der Waals surface area contributed by atoms with Crippen molar-refractivity contribution < 1.29 is 15.3 Å². The number of hydrogen-bond acceptors (Lipinski definition) is 3. The number of hydrogen-bond donors (Lipinski definition) is 3. The van der Waals surface area contributed by atoms with Gasteiger partial charge in [-0.1, -0.05) is 18.2 Å². The van der Waals surface area contributed by atoms with E-state index in [1.54, 1.807) is 0 Å². The maximum atomic E-state index is 9.13.